The van der Waals surface area contributed by atoms with E-state index in [0.717, 1.165) is 15.9 Å². The maximum Gasteiger partial charge on any atom is 0.449 e. The van der Waals surface area contributed by atoms with Gasteiger partial charge in [-0.05, 0) is 36.2 Å². The summed E-state index contributed by atoms with van der Waals surface area (Å²) in [4.78, 5) is 27.9. The van der Waals surface area contributed by atoms with Crippen molar-refractivity contribution in [3.8, 4) is 0 Å². The predicted molar refractivity (Wildman–Crippen MR) is 122 cm³/mol. The average molecular weight is 504 g/mol. The van der Waals surface area contributed by atoms with Crippen LogP contribution in [0.15, 0.2) is 53.3 Å². The molecule has 8 nitrogen and oxygen atoms in total. The molecular weight excluding hydrogens is 483 g/mol. The molecule has 1 aliphatic rings. The molecule has 182 valence electrons. The number of aromatic amines is 1. The second-order valence-electron chi connectivity index (χ2n) is 8.21. The molecule has 0 spiro atoms. The van der Waals surface area contributed by atoms with E-state index in [9.17, 15) is 22.8 Å². The molecule has 0 bridgehead atoms. The Balaban J connectivity index is 1.33. The van der Waals surface area contributed by atoms with Gasteiger partial charge < -0.3 is 14.6 Å². The summed E-state index contributed by atoms with van der Waals surface area (Å²) in [6, 6.07) is 12.6. The van der Waals surface area contributed by atoms with E-state index in [1.165, 1.54) is 0 Å². The molecule has 4 aromatic rings. The molecule has 0 saturated carbocycles. The number of nitrogens with zero attached hydrogens (tertiary/aromatic N) is 3. The normalized spacial score (nSPS) is 18.6. The van der Waals surface area contributed by atoms with Crippen molar-refractivity contribution in [1.82, 2.24) is 25.1 Å². The van der Waals surface area contributed by atoms with E-state index in [4.69, 9.17) is 4.74 Å². The first kappa shape index (κ1) is 23.2. The van der Waals surface area contributed by atoms with Gasteiger partial charge in [0.2, 0.25) is 5.82 Å². The van der Waals surface area contributed by atoms with Gasteiger partial charge in [0.05, 0.1) is 23.6 Å². The number of fused-ring (bicyclic) bond motifs is 1. The Morgan fingerprint density at radius 2 is 1.97 bits per heavy atom. The quantitative estimate of drug-likeness (QED) is 0.434. The number of carbonyl (C=O) groups excluding carboxylic acids is 1. The number of rotatable bonds is 5. The van der Waals surface area contributed by atoms with Gasteiger partial charge in [-0.25, -0.2) is 10.1 Å². The van der Waals surface area contributed by atoms with Gasteiger partial charge in [0, 0.05) is 24.8 Å². The number of aromatic nitrogens is 4. The van der Waals surface area contributed by atoms with E-state index in [2.05, 4.69) is 20.5 Å². The first-order valence-corrected chi connectivity index (χ1v) is 11.7. The van der Waals surface area contributed by atoms with Gasteiger partial charge in [-0.3, -0.25) is 9.59 Å². The molecule has 1 fully saturated rings. The summed E-state index contributed by atoms with van der Waals surface area (Å²) in [5, 5.41) is 9.96. The van der Waals surface area contributed by atoms with Crippen LogP contribution >= 0.6 is 11.3 Å². The van der Waals surface area contributed by atoms with Gasteiger partial charge in [-0.15, -0.1) is 0 Å². The third-order valence-corrected chi connectivity index (χ3v) is 6.79. The third kappa shape index (κ3) is 4.84. The van der Waals surface area contributed by atoms with Crippen LogP contribution in [0.5, 0.6) is 0 Å². The number of halogens is 3. The fraction of sp³-hybridized carbons (Fsp3) is 0.304. The van der Waals surface area contributed by atoms with Crippen LogP contribution in [0.25, 0.3) is 11.0 Å². The highest BCUT2D eigenvalue weighted by Gasteiger charge is 2.37. The number of nitrogens with one attached hydrogen (secondary N) is 2. The number of ether oxygens (including phenoxy) is 1. The van der Waals surface area contributed by atoms with Crippen molar-refractivity contribution in [3.05, 3.63) is 80.2 Å². The second kappa shape index (κ2) is 9.27. The van der Waals surface area contributed by atoms with Crippen molar-refractivity contribution in [2.24, 2.45) is 0 Å². The van der Waals surface area contributed by atoms with E-state index < -0.39 is 12.0 Å². The number of para-hydroxylation sites is 2. The molecule has 12 heteroatoms. The summed E-state index contributed by atoms with van der Waals surface area (Å²) < 4.78 is 47.3. The fourth-order valence-electron chi connectivity index (χ4n) is 4.20. The van der Waals surface area contributed by atoms with E-state index in [-0.39, 0.29) is 34.8 Å². The zero-order valence-electron chi connectivity index (χ0n) is 18.2. The van der Waals surface area contributed by atoms with Gasteiger partial charge in [-0.1, -0.05) is 35.6 Å². The van der Waals surface area contributed by atoms with Gasteiger partial charge >= 0.3 is 11.0 Å². The monoisotopic (exact) mass is 503 g/mol. The van der Waals surface area contributed by atoms with Crippen molar-refractivity contribution >= 4 is 28.3 Å². The van der Waals surface area contributed by atoms with Gasteiger partial charge in [0.1, 0.15) is 5.01 Å². The SMILES string of the molecule is O=C(N[C@H]1CCOC[C@H]1c1n[nH]c(=O)s1)c1ccc(Cn2c(C(F)(F)F)nc3ccccc32)cc1. The Labute approximate surface area is 200 Å². The summed E-state index contributed by atoms with van der Waals surface area (Å²) in [6.45, 7) is 0.766. The Morgan fingerprint density at radius 1 is 1.20 bits per heavy atom. The van der Waals surface area contributed by atoms with Crippen molar-refractivity contribution in [2.75, 3.05) is 13.2 Å². The minimum absolute atomic E-state index is 0.0443. The Kier molecular flexibility index (Phi) is 6.15. The van der Waals surface area contributed by atoms with Crippen LogP contribution in [0.4, 0.5) is 13.2 Å². The standard InChI is InChI=1S/C23H20F3N5O3S/c24-23(25,26)21-28-17-3-1-2-4-18(17)31(21)11-13-5-7-14(8-6-13)19(32)27-16-9-10-34-12-15(16)20-29-30-22(33)35-20/h1-8,15-16H,9-12H2,(H,27,32)(H,30,33)/t15-,16+/m1/s1. The highest BCUT2D eigenvalue weighted by molar-refractivity contribution is 7.08. The number of hydrogen-bond acceptors (Lipinski definition) is 6. The topological polar surface area (TPSA) is 102 Å². The van der Waals surface area contributed by atoms with Crippen LogP contribution in [0, 0.1) is 0 Å². The largest absolute Gasteiger partial charge is 0.449 e. The van der Waals surface area contributed by atoms with Crippen LogP contribution < -0.4 is 10.2 Å². The summed E-state index contributed by atoms with van der Waals surface area (Å²) in [5.41, 5.74) is 1.62. The highest BCUT2D eigenvalue weighted by Crippen LogP contribution is 2.32. The predicted octanol–water partition coefficient (Wildman–Crippen LogP) is 3.55. The van der Waals surface area contributed by atoms with Crippen molar-refractivity contribution in [3.63, 3.8) is 0 Å². The highest BCUT2D eigenvalue weighted by atomic mass is 32.1. The summed E-state index contributed by atoms with van der Waals surface area (Å²) >= 11 is 0.987. The smallest absolute Gasteiger partial charge is 0.381 e. The zero-order chi connectivity index (χ0) is 24.6. The Hall–Kier alpha value is -3.51. The van der Waals surface area contributed by atoms with Crippen molar-refractivity contribution in [1.29, 1.82) is 0 Å². The van der Waals surface area contributed by atoms with Crippen LogP contribution in [0.3, 0.4) is 0 Å². The minimum atomic E-state index is -4.60. The number of amides is 1. The fourth-order valence-corrected chi connectivity index (χ4v) is 4.96. The number of H-pyrrole nitrogens is 1. The van der Waals surface area contributed by atoms with Gasteiger partial charge in [-0.2, -0.15) is 18.3 Å². The third-order valence-electron chi connectivity index (χ3n) is 5.91. The molecular formula is C23H20F3N5O3S. The zero-order valence-corrected chi connectivity index (χ0v) is 19.0. The lowest BCUT2D eigenvalue weighted by Gasteiger charge is -2.30. The molecule has 3 heterocycles. The molecule has 1 saturated heterocycles. The van der Waals surface area contributed by atoms with Crippen LogP contribution in [-0.2, 0) is 17.5 Å². The first-order chi connectivity index (χ1) is 16.8. The first-order valence-electron chi connectivity index (χ1n) is 10.8. The lowest BCUT2D eigenvalue weighted by atomic mass is 9.96. The number of hydrogen-bond donors (Lipinski definition) is 2. The van der Waals surface area contributed by atoms with Crippen molar-refractivity contribution in [2.45, 2.75) is 31.1 Å². The molecule has 0 unspecified atom stereocenters. The van der Waals surface area contributed by atoms with Crippen LogP contribution in [-0.4, -0.2) is 44.9 Å². The molecule has 35 heavy (non-hydrogen) atoms. The second-order valence-corrected chi connectivity index (χ2v) is 9.20. The number of imidazole rings is 1. The molecule has 2 atom stereocenters. The van der Waals surface area contributed by atoms with E-state index in [0.29, 0.717) is 41.3 Å². The van der Waals surface area contributed by atoms with E-state index >= 15 is 0 Å². The minimum Gasteiger partial charge on any atom is -0.381 e. The average Bonchev–Trinajstić information content (AvgIpc) is 3.44. The molecule has 1 aliphatic heterocycles. The number of benzene rings is 2. The Bertz CT molecular complexity index is 1410. The van der Waals surface area contributed by atoms with Crippen LogP contribution in [0.1, 0.15) is 39.1 Å². The summed E-state index contributed by atoms with van der Waals surface area (Å²) in [6.07, 6.45) is -4.03. The summed E-state index contributed by atoms with van der Waals surface area (Å²) in [7, 11) is 0. The van der Waals surface area contributed by atoms with Gasteiger partial charge in [0.15, 0.2) is 0 Å². The molecule has 0 aliphatic carbocycles. The van der Waals surface area contributed by atoms with Gasteiger partial charge in [0.25, 0.3) is 5.91 Å². The van der Waals surface area contributed by atoms with Crippen molar-refractivity contribution < 1.29 is 22.7 Å². The number of alkyl halides is 3. The van der Waals surface area contributed by atoms with E-state index in [1.54, 1.807) is 48.5 Å². The molecule has 2 N–H and O–H groups in total. The van der Waals surface area contributed by atoms with Crippen LogP contribution in [0.2, 0.25) is 0 Å². The molecule has 2 aromatic heterocycles. The number of carbonyl (C=O) groups is 1. The maximum atomic E-state index is 13.6. The lowest BCUT2D eigenvalue weighted by molar-refractivity contribution is -0.146. The van der Waals surface area contributed by atoms with E-state index in [1.807, 2.05) is 0 Å². The lowest BCUT2D eigenvalue weighted by Crippen LogP contribution is -2.44. The Morgan fingerprint density at radius 3 is 2.69 bits per heavy atom. The maximum absolute atomic E-state index is 13.6. The molecule has 2 aromatic carbocycles. The summed E-state index contributed by atoms with van der Waals surface area (Å²) in [5.74, 6) is -1.53. The molecule has 0 radical (unpaired) electrons. The molecule has 5 rings (SSSR count). The molecule has 1 amide bonds.